The molecule has 1 aromatic rings. The van der Waals surface area contributed by atoms with Crippen LogP contribution in [0.4, 0.5) is 0 Å². The van der Waals surface area contributed by atoms with E-state index in [1.165, 1.54) is 19.2 Å². The van der Waals surface area contributed by atoms with Crippen LogP contribution in [-0.2, 0) is 20.7 Å². The molecular weight excluding hydrogens is 234 g/mol. The summed E-state index contributed by atoms with van der Waals surface area (Å²) in [5.41, 5.74) is 0. The predicted octanol–water partition coefficient (Wildman–Crippen LogP) is 1.45. The Bertz CT molecular complexity index is 459. The van der Waals surface area contributed by atoms with Crippen molar-refractivity contribution >= 4 is 20.7 Å². The molecule has 0 saturated heterocycles. The molecule has 0 N–H and O–H groups in total. The maximum atomic E-state index is 11.6. The molecule has 0 saturated carbocycles. The molecule has 0 aliphatic carbocycles. The first-order valence-corrected chi connectivity index (χ1v) is 7.59. The highest BCUT2D eigenvalue weighted by Crippen LogP contribution is 2.17. The predicted molar refractivity (Wildman–Crippen MR) is 61.8 cm³/mol. The Morgan fingerprint density at radius 3 is 2.13 bits per heavy atom. The molecule has 0 atom stereocenters. The van der Waals surface area contributed by atoms with Crippen molar-refractivity contribution in [2.45, 2.75) is 4.90 Å². The molecule has 0 heterocycles. The normalized spacial score (nSPS) is 11.5. The lowest BCUT2D eigenvalue weighted by molar-refractivity contribution is 0.414. The second kappa shape index (κ2) is 4.76. The first-order chi connectivity index (χ1) is 6.95. The monoisotopic (exact) mass is 247 g/mol. The number of benzene rings is 1. The highest BCUT2D eigenvalue weighted by molar-refractivity contribution is 7.99. The number of rotatable bonds is 3. The molecule has 0 unspecified atom stereocenters. The minimum Gasteiger partial charge on any atom is -0.497 e. The molecule has 4 nitrogen and oxygen atoms in total. The average Bonchev–Trinajstić information content (AvgIpc) is 2.16. The summed E-state index contributed by atoms with van der Waals surface area (Å²) in [5.74, 6) is 0.626. The van der Waals surface area contributed by atoms with Gasteiger partial charge >= 0.3 is 0 Å². The third-order valence-corrected chi connectivity index (χ3v) is 4.45. The molecule has 0 bridgehead atoms. The van der Waals surface area contributed by atoms with Crippen LogP contribution in [0.1, 0.15) is 0 Å². The van der Waals surface area contributed by atoms with Crippen LogP contribution in [0.5, 0.6) is 5.75 Å². The van der Waals surface area contributed by atoms with Crippen molar-refractivity contribution in [3.05, 3.63) is 24.3 Å². The van der Waals surface area contributed by atoms with Crippen LogP contribution in [0, 0.1) is 0 Å². The van der Waals surface area contributed by atoms with Gasteiger partial charge in [0.1, 0.15) is 5.75 Å². The Labute approximate surface area is 92.4 Å². The molecule has 6 heteroatoms. The van der Waals surface area contributed by atoms with Gasteiger partial charge in [-0.25, -0.2) is 0 Å². The molecular formula is C9H13NO3S2. The summed E-state index contributed by atoms with van der Waals surface area (Å²) in [6.07, 6.45) is 3.50. The molecule has 0 spiro atoms. The molecule has 15 heavy (non-hydrogen) atoms. The van der Waals surface area contributed by atoms with Gasteiger partial charge in [0.15, 0.2) is 0 Å². The molecule has 84 valence electrons. The third-order valence-electron chi connectivity index (χ3n) is 1.60. The first kappa shape index (κ1) is 12.2. The van der Waals surface area contributed by atoms with E-state index < -0.39 is 20.7 Å². The van der Waals surface area contributed by atoms with Gasteiger partial charge in [-0.05, 0) is 36.8 Å². The highest BCUT2D eigenvalue weighted by atomic mass is 32.3. The average molecular weight is 247 g/mol. The summed E-state index contributed by atoms with van der Waals surface area (Å²) in [4.78, 5) is 0.199. The van der Waals surface area contributed by atoms with E-state index in [0.717, 1.165) is 0 Å². The summed E-state index contributed by atoms with van der Waals surface area (Å²) >= 11 is 0. The molecule has 0 radical (unpaired) electrons. The lowest BCUT2D eigenvalue weighted by Gasteiger charge is -2.01. The third kappa shape index (κ3) is 3.32. The molecule has 0 amide bonds. The SMILES string of the molecule is COc1ccc(S(=O)(=O)N=S(C)C)cc1. The van der Waals surface area contributed by atoms with Crippen molar-refractivity contribution in [3.63, 3.8) is 0 Å². The standard InChI is InChI=1S/C9H13NO3S2/c1-13-8-4-6-9(7-5-8)15(11,12)10-14(2)3/h4-7H,1-3H3. The Morgan fingerprint density at radius 2 is 1.73 bits per heavy atom. The maximum absolute atomic E-state index is 11.6. The number of sulfonamides is 1. The second-order valence-corrected chi connectivity index (χ2v) is 6.56. The van der Waals surface area contributed by atoms with Crippen molar-refractivity contribution < 1.29 is 13.2 Å². The van der Waals surface area contributed by atoms with Crippen LogP contribution in [0.25, 0.3) is 0 Å². The van der Waals surface area contributed by atoms with Crippen molar-refractivity contribution in [3.8, 4) is 5.75 Å². The summed E-state index contributed by atoms with van der Waals surface area (Å²) in [6.45, 7) is 0. The molecule has 0 aromatic heterocycles. The Morgan fingerprint density at radius 1 is 1.20 bits per heavy atom. The molecule has 0 fully saturated rings. The number of hydrogen-bond donors (Lipinski definition) is 0. The van der Waals surface area contributed by atoms with E-state index in [0.29, 0.717) is 5.75 Å². The highest BCUT2D eigenvalue weighted by Gasteiger charge is 2.11. The second-order valence-electron chi connectivity index (χ2n) is 3.00. The Kier molecular flexibility index (Phi) is 3.87. The van der Waals surface area contributed by atoms with Gasteiger partial charge in [0.2, 0.25) is 0 Å². The van der Waals surface area contributed by atoms with Gasteiger partial charge in [0.05, 0.1) is 12.0 Å². The van der Waals surface area contributed by atoms with Gasteiger partial charge in [0, 0.05) is 0 Å². The van der Waals surface area contributed by atoms with Crippen LogP contribution in [0.3, 0.4) is 0 Å². The maximum Gasteiger partial charge on any atom is 0.287 e. The zero-order valence-electron chi connectivity index (χ0n) is 8.80. The lowest BCUT2D eigenvalue weighted by Crippen LogP contribution is -1.98. The van der Waals surface area contributed by atoms with Crippen LogP contribution < -0.4 is 4.74 Å². The van der Waals surface area contributed by atoms with Crippen LogP contribution >= 0.6 is 0 Å². The molecule has 1 rings (SSSR count). The first-order valence-electron chi connectivity index (χ1n) is 4.15. The summed E-state index contributed by atoms with van der Waals surface area (Å²) in [7, 11) is -2.46. The summed E-state index contributed by atoms with van der Waals surface area (Å²) < 4.78 is 31.9. The number of ether oxygens (including phenoxy) is 1. The minimum absolute atomic E-state index is 0.199. The van der Waals surface area contributed by atoms with E-state index in [9.17, 15) is 8.42 Å². The van der Waals surface area contributed by atoms with E-state index in [4.69, 9.17) is 4.74 Å². The van der Waals surface area contributed by atoms with E-state index >= 15 is 0 Å². The van der Waals surface area contributed by atoms with Gasteiger partial charge in [0.25, 0.3) is 10.0 Å². The Hall–Kier alpha value is -0.880. The van der Waals surface area contributed by atoms with E-state index in [1.807, 2.05) is 0 Å². The van der Waals surface area contributed by atoms with Crippen molar-refractivity contribution in [1.82, 2.24) is 0 Å². The smallest absolute Gasteiger partial charge is 0.287 e. The molecule has 0 aliphatic rings. The summed E-state index contributed by atoms with van der Waals surface area (Å²) in [5, 5.41) is 0. The van der Waals surface area contributed by atoms with Crippen molar-refractivity contribution in [2.75, 3.05) is 19.6 Å². The Balaban J connectivity index is 3.12. The van der Waals surface area contributed by atoms with Crippen molar-refractivity contribution in [2.24, 2.45) is 3.77 Å². The van der Waals surface area contributed by atoms with Crippen LogP contribution in [-0.4, -0.2) is 28.0 Å². The van der Waals surface area contributed by atoms with Gasteiger partial charge in [-0.2, -0.15) is 8.42 Å². The number of hydrogen-bond acceptors (Lipinski definition) is 3. The lowest BCUT2D eigenvalue weighted by atomic mass is 10.3. The van der Waals surface area contributed by atoms with E-state index in [2.05, 4.69) is 3.77 Å². The van der Waals surface area contributed by atoms with Crippen LogP contribution in [0.15, 0.2) is 32.9 Å². The number of methoxy groups -OCH3 is 1. The zero-order chi connectivity index (χ0) is 11.5. The van der Waals surface area contributed by atoms with Gasteiger partial charge in [-0.1, -0.05) is 10.7 Å². The summed E-state index contributed by atoms with van der Waals surface area (Å²) in [6, 6.07) is 6.19. The van der Waals surface area contributed by atoms with E-state index in [1.54, 1.807) is 24.6 Å². The fourth-order valence-corrected chi connectivity index (χ4v) is 3.38. The number of nitrogens with zero attached hydrogens (tertiary/aromatic N) is 1. The molecule has 0 aliphatic heterocycles. The largest absolute Gasteiger partial charge is 0.497 e. The fourth-order valence-electron chi connectivity index (χ4n) is 0.987. The van der Waals surface area contributed by atoms with Crippen molar-refractivity contribution in [1.29, 1.82) is 0 Å². The van der Waals surface area contributed by atoms with Gasteiger partial charge in [-0.15, -0.1) is 3.77 Å². The van der Waals surface area contributed by atoms with Gasteiger partial charge < -0.3 is 4.74 Å². The topological polar surface area (TPSA) is 55.7 Å². The zero-order valence-corrected chi connectivity index (χ0v) is 10.4. The van der Waals surface area contributed by atoms with Crippen LogP contribution in [0.2, 0.25) is 0 Å². The van der Waals surface area contributed by atoms with E-state index in [-0.39, 0.29) is 4.90 Å². The molecule has 1 aromatic carbocycles. The fraction of sp³-hybridized carbons (Fsp3) is 0.333. The quantitative estimate of drug-likeness (QED) is 0.812. The minimum atomic E-state index is -3.50. The van der Waals surface area contributed by atoms with Gasteiger partial charge in [-0.3, -0.25) is 0 Å².